The molecule has 0 saturated carbocycles. The average Bonchev–Trinajstić information content (AvgIpc) is 3.64. The first kappa shape index (κ1) is 33.2. The Bertz CT molecular complexity index is 2000. The van der Waals surface area contributed by atoms with Crippen molar-refractivity contribution in [3.63, 3.8) is 0 Å². The minimum Gasteiger partial charge on any atom is -0.457 e. The summed E-state index contributed by atoms with van der Waals surface area (Å²) in [7, 11) is 3.25. The van der Waals surface area contributed by atoms with Gasteiger partial charge in [-0.05, 0) is 74.7 Å². The monoisotopic (exact) mass is 674 g/mol. The van der Waals surface area contributed by atoms with Gasteiger partial charge in [-0.25, -0.2) is 14.3 Å². The molecule has 0 fully saturated rings. The maximum atomic E-state index is 13.6. The van der Waals surface area contributed by atoms with E-state index in [2.05, 4.69) is 20.5 Å². The second kappa shape index (κ2) is 13.4. The minimum atomic E-state index is -3.11. The Morgan fingerprint density at radius 3 is 2.59 bits per heavy atom. The van der Waals surface area contributed by atoms with Crippen LogP contribution in [0.15, 0.2) is 67.3 Å². The van der Waals surface area contributed by atoms with Gasteiger partial charge in [0.05, 0.1) is 17.4 Å². The average molecular weight is 675 g/mol. The zero-order chi connectivity index (χ0) is 34.9. The van der Waals surface area contributed by atoms with Crippen LogP contribution in [0.2, 0.25) is 0 Å². The summed E-state index contributed by atoms with van der Waals surface area (Å²) < 4.78 is 47.0. The van der Waals surface area contributed by atoms with Crippen LogP contribution in [-0.2, 0) is 29.0 Å². The van der Waals surface area contributed by atoms with Crippen LogP contribution < -0.4 is 14.8 Å². The molecule has 0 spiro atoms. The van der Waals surface area contributed by atoms with Gasteiger partial charge in [0.2, 0.25) is 5.91 Å². The highest BCUT2D eigenvalue weighted by Crippen LogP contribution is 2.40. The predicted octanol–water partition coefficient (Wildman–Crippen LogP) is 6.11. The van der Waals surface area contributed by atoms with Crippen LogP contribution in [-0.4, -0.2) is 79.0 Å². The number of rotatable bonds is 9. The first-order chi connectivity index (χ1) is 23.3. The molecule has 256 valence electrons. The van der Waals surface area contributed by atoms with Gasteiger partial charge in [0, 0.05) is 45.8 Å². The lowest BCUT2D eigenvalue weighted by molar-refractivity contribution is -0.129. The summed E-state index contributed by atoms with van der Waals surface area (Å²) in [5.41, 5.74) is 3.23. The number of carbonyl (C=O) groups excluding carboxylic acids is 2. The number of aromatic nitrogens is 5. The lowest BCUT2D eigenvalue weighted by Gasteiger charge is -2.31. The summed E-state index contributed by atoms with van der Waals surface area (Å²) >= 11 is 0. The van der Waals surface area contributed by atoms with Crippen molar-refractivity contribution >= 4 is 29.0 Å². The molecule has 0 radical (unpaired) electrons. The quantitative estimate of drug-likeness (QED) is 0.197. The summed E-state index contributed by atoms with van der Waals surface area (Å²) in [4.78, 5) is 32.8. The summed E-state index contributed by atoms with van der Waals surface area (Å²) in [5, 5.41) is 12.2. The van der Waals surface area contributed by atoms with E-state index >= 15 is 0 Å². The van der Waals surface area contributed by atoms with E-state index in [1.54, 1.807) is 60.4 Å². The zero-order valence-electron chi connectivity index (χ0n) is 27.7. The van der Waals surface area contributed by atoms with E-state index in [9.17, 15) is 18.4 Å². The van der Waals surface area contributed by atoms with Gasteiger partial charge in [-0.1, -0.05) is 6.07 Å². The van der Waals surface area contributed by atoms with E-state index in [1.165, 1.54) is 21.7 Å². The number of carbonyl (C=O) groups is 2. The topological polar surface area (TPSA) is 128 Å². The molecular formula is C34H36F2N8O5. The molecular weight excluding hydrogens is 638 g/mol. The number of alkyl halides is 2. The highest BCUT2D eigenvalue weighted by atomic mass is 19.3. The number of fused-ring (bicyclic) bond motifs is 2. The molecule has 3 aromatic heterocycles. The smallest absolute Gasteiger partial charge is 0.410 e. The number of anilines is 2. The van der Waals surface area contributed by atoms with Crippen molar-refractivity contribution in [1.82, 2.24) is 34.2 Å². The number of amides is 2. The normalized spacial score (nSPS) is 12.9. The Hall–Kier alpha value is -5.73. The molecule has 2 aromatic carbocycles. The molecule has 1 aliphatic heterocycles. The first-order valence-corrected chi connectivity index (χ1v) is 15.5. The SMILES string of the molecule is CN(C)C(=O)Cn1cc(Nc2cnn3cccnc23)c(-c2cc(Oc3ccc4c(c3)CN(C(=O)OC(C)(C)C)CC4)ccc2OC(F)F)n1. The lowest BCUT2D eigenvalue weighted by Crippen LogP contribution is -2.39. The molecule has 0 bridgehead atoms. The van der Waals surface area contributed by atoms with Gasteiger partial charge in [-0.3, -0.25) is 9.48 Å². The van der Waals surface area contributed by atoms with Crippen LogP contribution in [0.25, 0.3) is 16.9 Å². The van der Waals surface area contributed by atoms with Crippen molar-refractivity contribution in [3.8, 4) is 28.5 Å². The van der Waals surface area contributed by atoms with E-state index in [-0.39, 0.29) is 35.6 Å². The number of nitrogens with zero attached hydrogens (tertiary/aromatic N) is 7. The van der Waals surface area contributed by atoms with E-state index in [4.69, 9.17) is 14.2 Å². The molecule has 6 rings (SSSR count). The molecule has 13 nitrogen and oxygen atoms in total. The zero-order valence-corrected chi connectivity index (χ0v) is 27.7. The third-order valence-corrected chi connectivity index (χ3v) is 7.61. The summed E-state index contributed by atoms with van der Waals surface area (Å²) in [6.45, 7) is 3.14. The van der Waals surface area contributed by atoms with Gasteiger partial charge in [-0.15, -0.1) is 0 Å². The number of likely N-dealkylation sites (N-methyl/N-ethyl adjacent to an activating group) is 1. The number of hydrogen-bond acceptors (Lipinski definition) is 9. The van der Waals surface area contributed by atoms with Crippen molar-refractivity contribution < 1.29 is 32.6 Å². The molecule has 1 aliphatic rings. The molecule has 2 amide bonds. The van der Waals surface area contributed by atoms with Crippen molar-refractivity contribution in [3.05, 3.63) is 78.4 Å². The third kappa shape index (κ3) is 7.71. The van der Waals surface area contributed by atoms with Crippen molar-refractivity contribution in [1.29, 1.82) is 0 Å². The molecule has 0 atom stereocenters. The number of nitrogens with one attached hydrogen (secondary N) is 1. The highest BCUT2D eigenvalue weighted by molar-refractivity contribution is 5.85. The maximum absolute atomic E-state index is 13.6. The predicted molar refractivity (Wildman–Crippen MR) is 176 cm³/mol. The fourth-order valence-electron chi connectivity index (χ4n) is 5.30. The molecule has 4 heterocycles. The number of ether oxygens (including phenoxy) is 3. The minimum absolute atomic E-state index is 0.106. The van der Waals surface area contributed by atoms with E-state index in [0.29, 0.717) is 48.0 Å². The largest absolute Gasteiger partial charge is 0.457 e. The molecule has 1 N–H and O–H groups in total. The van der Waals surface area contributed by atoms with Crippen LogP contribution in [0.5, 0.6) is 17.2 Å². The van der Waals surface area contributed by atoms with Crippen LogP contribution in [0.4, 0.5) is 25.0 Å². The van der Waals surface area contributed by atoms with Gasteiger partial charge >= 0.3 is 12.7 Å². The van der Waals surface area contributed by atoms with E-state index < -0.39 is 12.2 Å². The van der Waals surface area contributed by atoms with Gasteiger partial charge in [0.1, 0.15) is 40.8 Å². The second-order valence-electron chi connectivity index (χ2n) is 12.7. The third-order valence-electron chi connectivity index (χ3n) is 7.61. The van der Waals surface area contributed by atoms with Crippen molar-refractivity contribution in [2.75, 3.05) is 26.0 Å². The Morgan fingerprint density at radius 1 is 1.06 bits per heavy atom. The van der Waals surface area contributed by atoms with Gasteiger partial charge in [0.25, 0.3) is 0 Å². The molecule has 0 unspecified atom stereocenters. The van der Waals surface area contributed by atoms with E-state index in [0.717, 1.165) is 11.1 Å². The Labute approximate surface area is 281 Å². The lowest BCUT2D eigenvalue weighted by atomic mass is 10.00. The standard InChI is InChI=1S/C34H36F2N8O5/c1-34(2,3)49-33(46)42-14-11-21-7-8-23(15-22(21)18-42)47-24-9-10-28(48-32(35)36)25(16-24)30-27(19-43(40-30)20-29(45)41(4)5)39-26-17-38-44-13-6-12-37-31(26)44/h6-10,12-13,15-17,19,32,39H,11,14,18,20H2,1-5H3. The molecule has 5 aromatic rings. The van der Waals surface area contributed by atoms with Crippen LogP contribution in [0.1, 0.15) is 31.9 Å². The fraction of sp³-hybridized carbons (Fsp3) is 0.324. The second-order valence-corrected chi connectivity index (χ2v) is 12.7. The molecule has 49 heavy (non-hydrogen) atoms. The Kier molecular flexibility index (Phi) is 9.08. The van der Waals surface area contributed by atoms with Gasteiger partial charge < -0.3 is 29.3 Å². The Balaban J connectivity index is 1.34. The van der Waals surface area contributed by atoms with Crippen molar-refractivity contribution in [2.45, 2.75) is 52.5 Å². The summed E-state index contributed by atoms with van der Waals surface area (Å²) in [6, 6.07) is 11.8. The molecule has 15 heteroatoms. The fourth-order valence-corrected chi connectivity index (χ4v) is 5.30. The van der Waals surface area contributed by atoms with Crippen LogP contribution >= 0.6 is 0 Å². The van der Waals surface area contributed by atoms with E-state index in [1.807, 2.05) is 39.0 Å². The Morgan fingerprint density at radius 2 is 1.84 bits per heavy atom. The van der Waals surface area contributed by atoms with Crippen LogP contribution in [0, 0.1) is 0 Å². The number of hydrogen-bond donors (Lipinski definition) is 1. The first-order valence-electron chi connectivity index (χ1n) is 15.5. The number of benzene rings is 2. The molecule has 0 saturated heterocycles. The van der Waals surface area contributed by atoms with Gasteiger partial charge in [-0.2, -0.15) is 19.0 Å². The molecule has 0 aliphatic carbocycles. The number of halogens is 2. The van der Waals surface area contributed by atoms with Crippen molar-refractivity contribution in [2.24, 2.45) is 0 Å². The van der Waals surface area contributed by atoms with Gasteiger partial charge in [0.15, 0.2) is 5.65 Å². The summed E-state index contributed by atoms with van der Waals surface area (Å²) in [5.74, 6) is 0.429. The summed E-state index contributed by atoms with van der Waals surface area (Å²) in [6.07, 6.45) is 6.80. The van der Waals surface area contributed by atoms with Crippen LogP contribution in [0.3, 0.4) is 0 Å². The maximum Gasteiger partial charge on any atom is 0.410 e. The highest BCUT2D eigenvalue weighted by Gasteiger charge is 2.26.